The largest absolute Gasteiger partial charge is 0.368 e. The van der Waals surface area contributed by atoms with E-state index in [4.69, 9.17) is 4.74 Å². The van der Waals surface area contributed by atoms with Crippen molar-refractivity contribution in [3.05, 3.63) is 15.6 Å². The Morgan fingerprint density at radius 1 is 1.50 bits per heavy atom. The highest BCUT2D eigenvalue weighted by Crippen LogP contribution is 2.37. The van der Waals surface area contributed by atoms with E-state index in [9.17, 15) is 4.79 Å². The predicted octanol–water partition coefficient (Wildman–Crippen LogP) is 3.07. The Hall–Kier alpha value is -0.740. The quantitative estimate of drug-likeness (QED) is 0.744. The van der Waals surface area contributed by atoms with Crippen LogP contribution in [0, 0.1) is 6.92 Å². The van der Waals surface area contributed by atoms with E-state index in [1.165, 1.54) is 17.8 Å². The summed E-state index contributed by atoms with van der Waals surface area (Å²) in [5, 5.41) is 0.954. The molecule has 1 aromatic heterocycles. The molecule has 0 aliphatic carbocycles. The van der Waals surface area contributed by atoms with Crippen LogP contribution in [-0.4, -0.2) is 17.4 Å². The van der Waals surface area contributed by atoms with E-state index in [2.05, 4.69) is 11.9 Å². The van der Waals surface area contributed by atoms with Gasteiger partial charge in [-0.05, 0) is 33.1 Å². The maximum Gasteiger partial charge on any atom is 0.171 e. The number of nitrogens with zero attached hydrogens (tertiary/aromatic N) is 1. The van der Waals surface area contributed by atoms with Crippen molar-refractivity contribution >= 4 is 17.1 Å². The average Bonchev–Trinajstić information content (AvgIpc) is 2.62. The fourth-order valence-electron chi connectivity index (χ4n) is 2.05. The summed E-state index contributed by atoms with van der Waals surface area (Å²) >= 11 is 1.49. The molecule has 1 unspecified atom stereocenters. The molecule has 0 amide bonds. The van der Waals surface area contributed by atoms with E-state index < -0.39 is 0 Å². The van der Waals surface area contributed by atoms with Crippen molar-refractivity contribution in [1.29, 1.82) is 0 Å². The molecule has 88 valence electrons. The number of ether oxygens (including phenoxy) is 1. The first kappa shape index (κ1) is 11.7. The van der Waals surface area contributed by atoms with Crippen molar-refractivity contribution in [1.82, 2.24) is 4.98 Å². The molecule has 3 nitrogen and oxygen atoms in total. The molecule has 1 saturated heterocycles. The zero-order chi connectivity index (χ0) is 11.8. The second-order valence-corrected chi connectivity index (χ2v) is 5.53. The van der Waals surface area contributed by atoms with Crippen molar-refractivity contribution in [2.45, 2.75) is 45.6 Å². The summed E-state index contributed by atoms with van der Waals surface area (Å²) < 4.78 is 5.84. The first-order chi connectivity index (χ1) is 7.53. The lowest BCUT2D eigenvalue weighted by Gasteiger charge is -2.31. The van der Waals surface area contributed by atoms with Gasteiger partial charge in [0, 0.05) is 13.5 Å². The van der Waals surface area contributed by atoms with Crippen LogP contribution in [0.1, 0.15) is 53.5 Å². The molecule has 1 atom stereocenters. The van der Waals surface area contributed by atoms with Gasteiger partial charge in [-0.3, -0.25) is 4.79 Å². The average molecular weight is 239 g/mol. The number of carbonyl (C=O) groups is 1. The number of aromatic nitrogens is 1. The van der Waals surface area contributed by atoms with E-state index in [1.54, 1.807) is 6.92 Å². The molecule has 0 N–H and O–H groups in total. The summed E-state index contributed by atoms with van der Waals surface area (Å²) in [4.78, 5) is 16.7. The molecule has 1 aromatic rings. The van der Waals surface area contributed by atoms with Gasteiger partial charge in [-0.2, -0.15) is 0 Å². The van der Waals surface area contributed by atoms with Gasteiger partial charge in [-0.1, -0.05) is 0 Å². The SMILES string of the molecule is CC(=O)c1sc(C2(C)CCCCO2)nc1C. The van der Waals surface area contributed by atoms with Crippen LogP contribution < -0.4 is 0 Å². The lowest BCUT2D eigenvalue weighted by atomic mass is 9.97. The first-order valence-corrected chi connectivity index (χ1v) is 6.47. The van der Waals surface area contributed by atoms with Crippen molar-refractivity contribution < 1.29 is 9.53 Å². The Bertz CT molecular complexity index is 405. The molecule has 0 spiro atoms. The molecule has 1 fully saturated rings. The molecule has 0 bridgehead atoms. The normalized spacial score (nSPS) is 25.7. The van der Waals surface area contributed by atoms with Gasteiger partial charge in [0.25, 0.3) is 0 Å². The van der Waals surface area contributed by atoms with Gasteiger partial charge >= 0.3 is 0 Å². The smallest absolute Gasteiger partial charge is 0.171 e. The van der Waals surface area contributed by atoms with Gasteiger partial charge in [-0.15, -0.1) is 11.3 Å². The topological polar surface area (TPSA) is 39.2 Å². The maximum atomic E-state index is 11.4. The summed E-state index contributed by atoms with van der Waals surface area (Å²) in [5.74, 6) is 0.0978. The van der Waals surface area contributed by atoms with Crippen molar-refractivity contribution in [2.24, 2.45) is 0 Å². The second kappa shape index (κ2) is 4.26. The van der Waals surface area contributed by atoms with Crippen LogP contribution in [0.2, 0.25) is 0 Å². The first-order valence-electron chi connectivity index (χ1n) is 5.66. The number of carbonyl (C=O) groups excluding carboxylic acids is 1. The summed E-state index contributed by atoms with van der Waals surface area (Å²) in [5.41, 5.74) is 0.560. The molecule has 1 aliphatic rings. The number of ketones is 1. The minimum absolute atomic E-state index is 0.0978. The van der Waals surface area contributed by atoms with Crippen molar-refractivity contribution in [3.8, 4) is 0 Å². The minimum atomic E-state index is -0.276. The summed E-state index contributed by atoms with van der Waals surface area (Å²) in [6.45, 7) is 6.36. The highest BCUT2D eigenvalue weighted by atomic mass is 32.1. The minimum Gasteiger partial charge on any atom is -0.368 e. The third kappa shape index (κ3) is 2.04. The number of rotatable bonds is 2. The molecule has 16 heavy (non-hydrogen) atoms. The zero-order valence-corrected chi connectivity index (χ0v) is 10.8. The highest BCUT2D eigenvalue weighted by Gasteiger charge is 2.34. The molecule has 2 rings (SSSR count). The van der Waals surface area contributed by atoms with E-state index >= 15 is 0 Å². The molecule has 4 heteroatoms. The van der Waals surface area contributed by atoms with Gasteiger partial charge in [0.05, 0.1) is 10.6 Å². The van der Waals surface area contributed by atoms with Gasteiger partial charge in [0.15, 0.2) is 5.78 Å². The monoisotopic (exact) mass is 239 g/mol. The third-order valence-electron chi connectivity index (χ3n) is 3.04. The van der Waals surface area contributed by atoms with Crippen LogP contribution in [0.3, 0.4) is 0 Å². The zero-order valence-electron chi connectivity index (χ0n) is 10.0. The summed E-state index contributed by atoms with van der Waals surface area (Å²) in [6.07, 6.45) is 3.29. The highest BCUT2D eigenvalue weighted by molar-refractivity contribution is 7.14. The predicted molar refractivity (Wildman–Crippen MR) is 64.0 cm³/mol. The van der Waals surface area contributed by atoms with Crippen molar-refractivity contribution in [2.75, 3.05) is 6.61 Å². The maximum absolute atomic E-state index is 11.4. The Kier molecular flexibility index (Phi) is 3.13. The molecule has 0 saturated carbocycles. The number of thiazole rings is 1. The standard InChI is InChI=1S/C12H17NO2S/c1-8-10(9(2)14)16-11(13-8)12(3)6-4-5-7-15-12/h4-7H2,1-3H3. The number of aryl methyl sites for hydroxylation is 1. The van der Waals surface area contributed by atoms with Gasteiger partial charge < -0.3 is 4.74 Å². The fraction of sp³-hybridized carbons (Fsp3) is 0.667. The van der Waals surface area contributed by atoms with Crippen molar-refractivity contribution in [3.63, 3.8) is 0 Å². The van der Waals surface area contributed by atoms with Crippen LogP contribution in [0.5, 0.6) is 0 Å². The van der Waals surface area contributed by atoms with E-state index in [1.807, 2.05) is 6.92 Å². The number of Topliss-reactive ketones (excluding diaryl/α,β-unsaturated/α-hetero) is 1. The van der Waals surface area contributed by atoms with Gasteiger partial charge in [0.1, 0.15) is 10.6 Å². The Morgan fingerprint density at radius 2 is 2.25 bits per heavy atom. The molecule has 0 radical (unpaired) electrons. The number of hydrogen-bond acceptors (Lipinski definition) is 4. The van der Waals surface area contributed by atoms with E-state index in [0.29, 0.717) is 0 Å². The third-order valence-corrected chi connectivity index (χ3v) is 4.54. The Morgan fingerprint density at radius 3 is 2.75 bits per heavy atom. The lowest BCUT2D eigenvalue weighted by Crippen LogP contribution is -2.29. The van der Waals surface area contributed by atoms with Gasteiger partial charge in [0.2, 0.25) is 0 Å². The van der Waals surface area contributed by atoms with E-state index in [-0.39, 0.29) is 11.4 Å². The molecule has 0 aromatic carbocycles. The molecule has 2 heterocycles. The lowest BCUT2D eigenvalue weighted by molar-refractivity contribution is -0.0702. The van der Waals surface area contributed by atoms with Crippen LogP contribution in [0.15, 0.2) is 0 Å². The summed E-state index contributed by atoms with van der Waals surface area (Å²) in [6, 6.07) is 0. The Balaban J connectivity index is 2.33. The van der Waals surface area contributed by atoms with Gasteiger partial charge in [-0.25, -0.2) is 4.98 Å². The van der Waals surface area contributed by atoms with E-state index in [0.717, 1.165) is 35.0 Å². The Labute approximate surface area is 99.8 Å². The van der Waals surface area contributed by atoms with Crippen LogP contribution in [0.4, 0.5) is 0 Å². The summed E-state index contributed by atoms with van der Waals surface area (Å²) in [7, 11) is 0. The fourth-order valence-corrected chi connectivity index (χ4v) is 3.14. The van der Waals surface area contributed by atoms with Crippen LogP contribution in [-0.2, 0) is 10.3 Å². The molecular formula is C12H17NO2S. The van der Waals surface area contributed by atoms with Crippen LogP contribution in [0.25, 0.3) is 0 Å². The van der Waals surface area contributed by atoms with Crippen LogP contribution >= 0.6 is 11.3 Å². The molecule has 1 aliphatic heterocycles. The molecular weight excluding hydrogens is 222 g/mol. The number of hydrogen-bond donors (Lipinski definition) is 0. The second-order valence-electron chi connectivity index (χ2n) is 4.53.